The summed E-state index contributed by atoms with van der Waals surface area (Å²) in [6, 6.07) is 0. The van der Waals surface area contributed by atoms with E-state index < -0.39 is 5.97 Å². The van der Waals surface area contributed by atoms with Crippen LogP contribution in [-0.2, 0) is 0 Å². The number of carboxylic acids is 1. The van der Waals surface area contributed by atoms with Crippen LogP contribution in [-0.4, -0.2) is 11.1 Å². The minimum Gasteiger partial charge on any atom is -0.475 e. The number of hydrogen-bond acceptors (Lipinski definition) is 2. The second-order valence-corrected chi connectivity index (χ2v) is 2.61. The summed E-state index contributed by atoms with van der Waals surface area (Å²) in [4.78, 5) is 10.4. The first-order valence-electron chi connectivity index (χ1n) is 3.02. The highest BCUT2D eigenvalue weighted by Crippen LogP contribution is 2.25. The first-order valence-corrected chi connectivity index (χ1v) is 3.40. The van der Waals surface area contributed by atoms with E-state index in [-0.39, 0.29) is 5.76 Å². The van der Waals surface area contributed by atoms with Crippen LogP contribution >= 0.6 is 11.6 Å². The summed E-state index contributed by atoms with van der Waals surface area (Å²) in [5, 5.41) is 8.94. The van der Waals surface area contributed by atoms with E-state index in [0.717, 1.165) is 0 Å². The van der Waals surface area contributed by atoms with E-state index in [0.29, 0.717) is 16.3 Å². The first-order chi connectivity index (χ1) is 5.04. The van der Waals surface area contributed by atoms with E-state index in [9.17, 15) is 4.79 Å². The van der Waals surface area contributed by atoms with Crippen LogP contribution in [0.25, 0.3) is 0 Å². The van der Waals surface area contributed by atoms with Gasteiger partial charge < -0.3 is 9.52 Å². The highest BCUT2D eigenvalue weighted by atomic mass is 35.5. The lowest BCUT2D eigenvalue weighted by Gasteiger charge is -1.86. The fourth-order valence-corrected chi connectivity index (χ4v) is 0.967. The fourth-order valence-electron chi connectivity index (χ4n) is 0.842. The number of carbonyl (C=O) groups is 1. The van der Waals surface area contributed by atoms with Gasteiger partial charge in [0, 0.05) is 5.56 Å². The van der Waals surface area contributed by atoms with Crippen molar-refractivity contribution in [2.75, 3.05) is 0 Å². The lowest BCUT2D eigenvalue weighted by Crippen LogP contribution is -1.95. The van der Waals surface area contributed by atoms with E-state index in [1.807, 2.05) is 0 Å². The molecule has 0 saturated carbocycles. The summed E-state index contributed by atoms with van der Waals surface area (Å²) < 4.78 is 4.88. The molecule has 0 aliphatic heterocycles. The van der Waals surface area contributed by atoms with Gasteiger partial charge in [0.2, 0.25) is 5.76 Å². The SMILES string of the molecule is Cc1oc(C(=O)O)c(C)c1Cl. The van der Waals surface area contributed by atoms with E-state index in [1.165, 1.54) is 0 Å². The van der Waals surface area contributed by atoms with Crippen LogP contribution in [0, 0.1) is 13.8 Å². The Bertz CT molecular complexity index is 301. The molecule has 0 atom stereocenters. The zero-order valence-electron chi connectivity index (χ0n) is 6.14. The molecule has 0 spiro atoms. The molecule has 0 amide bonds. The van der Waals surface area contributed by atoms with Gasteiger partial charge in [0.15, 0.2) is 0 Å². The summed E-state index contributed by atoms with van der Waals surface area (Å²) in [6.07, 6.45) is 0. The first kappa shape index (κ1) is 8.14. The van der Waals surface area contributed by atoms with Crippen molar-refractivity contribution in [2.45, 2.75) is 13.8 Å². The molecule has 1 heterocycles. The van der Waals surface area contributed by atoms with Gasteiger partial charge in [0.1, 0.15) is 5.76 Å². The van der Waals surface area contributed by atoms with Crippen molar-refractivity contribution in [3.05, 3.63) is 22.1 Å². The zero-order chi connectivity index (χ0) is 8.59. The Morgan fingerprint density at radius 2 is 2.09 bits per heavy atom. The Morgan fingerprint density at radius 1 is 1.55 bits per heavy atom. The zero-order valence-corrected chi connectivity index (χ0v) is 6.90. The Hall–Kier alpha value is -0.960. The van der Waals surface area contributed by atoms with Crippen molar-refractivity contribution in [1.82, 2.24) is 0 Å². The Kier molecular flexibility index (Phi) is 1.91. The van der Waals surface area contributed by atoms with Crippen LogP contribution < -0.4 is 0 Å². The normalized spacial score (nSPS) is 10.1. The van der Waals surface area contributed by atoms with Gasteiger partial charge in [-0.15, -0.1) is 0 Å². The molecule has 0 aromatic carbocycles. The maximum atomic E-state index is 10.4. The van der Waals surface area contributed by atoms with Crippen molar-refractivity contribution >= 4 is 17.6 Å². The van der Waals surface area contributed by atoms with Crippen LogP contribution in [0.15, 0.2) is 4.42 Å². The predicted molar refractivity (Wildman–Crippen MR) is 40.2 cm³/mol. The van der Waals surface area contributed by atoms with Crippen molar-refractivity contribution in [3.8, 4) is 0 Å². The molecule has 0 saturated heterocycles. The minimum absolute atomic E-state index is 0.0764. The van der Waals surface area contributed by atoms with Gasteiger partial charge in [0.25, 0.3) is 0 Å². The summed E-state index contributed by atoms with van der Waals surface area (Å²) in [5.41, 5.74) is 0.483. The van der Waals surface area contributed by atoms with Crippen LogP contribution in [0.2, 0.25) is 5.02 Å². The molecule has 1 N–H and O–H groups in total. The number of furan rings is 1. The standard InChI is InChI=1S/C7H7ClO3/c1-3-5(8)4(2)11-6(3)7(9)10/h1-2H3,(H,9,10). The molecule has 11 heavy (non-hydrogen) atoms. The lowest BCUT2D eigenvalue weighted by molar-refractivity contribution is 0.0660. The average molecular weight is 175 g/mol. The third kappa shape index (κ3) is 1.24. The molecular formula is C7H7ClO3. The summed E-state index contributed by atoms with van der Waals surface area (Å²) in [6.45, 7) is 3.24. The molecule has 0 aliphatic rings. The topological polar surface area (TPSA) is 50.4 Å². The molecule has 0 aliphatic carbocycles. The van der Waals surface area contributed by atoms with Crippen molar-refractivity contribution in [3.63, 3.8) is 0 Å². The van der Waals surface area contributed by atoms with E-state index in [4.69, 9.17) is 21.1 Å². The van der Waals surface area contributed by atoms with Crippen LogP contribution in [0.3, 0.4) is 0 Å². The molecule has 1 aromatic heterocycles. The van der Waals surface area contributed by atoms with Gasteiger partial charge in [-0.05, 0) is 13.8 Å². The molecule has 3 nitrogen and oxygen atoms in total. The molecular weight excluding hydrogens is 168 g/mol. The van der Waals surface area contributed by atoms with Gasteiger partial charge in [-0.2, -0.15) is 0 Å². The van der Waals surface area contributed by atoms with Crippen molar-refractivity contribution < 1.29 is 14.3 Å². The van der Waals surface area contributed by atoms with Gasteiger partial charge in [-0.3, -0.25) is 0 Å². The number of halogens is 1. The number of carboxylic acid groups (broad SMARTS) is 1. The summed E-state index contributed by atoms with van der Waals surface area (Å²) >= 11 is 5.69. The molecule has 1 rings (SSSR count). The molecule has 0 bridgehead atoms. The molecule has 1 aromatic rings. The van der Waals surface area contributed by atoms with Crippen molar-refractivity contribution in [1.29, 1.82) is 0 Å². The van der Waals surface area contributed by atoms with Gasteiger partial charge in [-0.25, -0.2) is 4.79 Å². The van der Waals surface area contributed by atoms with Crippen LogP contribution in [0.1, 0.15) is 21.9 Å². The Balaban J connectivity index is 3.29. The van der Waals surface area contributed by atoms with Crippen LogP contribution in [0.5, 0.6) is 0 Å². The fraction of sp³-hybridized carbons (Fsp3) is 0.286. The third-order valence-corrected chi connectivity index (χ3v) is 1.98. The molecule has 0 fully saturated rings. The highest BCUT2D eigenvalue weighted by molar-refractivity contribution is 6.32. The highest BCUT2D eigenvalue weighted by Gasteiger charge is 2.17. The third-order valence-electron chi connectivity index (χ3n) is 1.43. The predicted octanol–water partition coefficient (Wildman–Crippen LogP) is 2.25. The largest absolute Gasteiger partial charge is 0.475 e. The number of hydrogen-bond donors (Lipinski definition) is 1. The number of aryl methyl sites for hydroxylation is 1. The minimum atomic E-state index is -1.09. The molecule has 0 radical (unpaired) electrons. The van der Waals surface area contributed by atoms with Gasteiger partial charge >= 0.3 is 5.97 Å². The quantitative estimate of drug-likeness (QED) is 0.711. The maximum Gasteiger partial charge on any atom is 0.372 e. The number of aromatic carboxylic acids is 1. The van der Waals surface area contributed by atoms with E-state index in [2.05, 4.69) is 0 Å². The van der Waals surface area contributed by atoms with Gasteiger partial charge in [-0.1, -0.05) is 11.6 Å². The second kappa shape index (κ2) is 2.58. The molecule has 0 unspecified atom stereocenters. The van der Waals surface area contributed by atoms with E-state index in [1.54, 1.807) is 13.8 Å². The lowest BCUT2D eigenvalue weighted by atomic mass is 10.3. The Morgan fingerprint density at radius 3 is 2.27 bits per heavy atom. The van der Waals surface area contributed by atoms with Gasteiger partial charge in [0.05, 0.1) is 5.02 Å². The molecule has 60 valence electrons. The number of rotatable bonds is 1. The monoisotopic (exact) mass is 174 g/mol. The smallest absolute Gasteiger partial charge is 0.372 e. The second-order valence-electron chi connectivity index (χ2n) is 2.23. The molecule has 4 heteroatoms. The maximum absolute atomic E-state index is 10.4. The summed E-state index contributed by atoms with van der Waals surface area (Å²) in [5.74, 6) is -0.716. The Labute approximate surface area is 68.6 Å². The summed E-state index contributed by atoms with van der Waals surface area (Å²) in [7, 11) is 0. The van der Waals surface area contributed by atoms with Crippen molar-refractivity contribution in [2.24, 2.45) is 0 Å². The average Bonchev–Trinajstić information content (AvgIpc) is 2.17. The van der Waals surface area contributed by atoms with E-state index >= 15 is 0 Å². The van der Waals surface area contributed by atoms with Crippen LogP contribution in [0.4, 0.5) is 0 Å².